The second-order valence-corrected chi connectivity index (χ2v) is 8.49. The number of pyridine rings is 2. The van der Waals surface area contributed by atoms with E-state index in [2.05, 4.69) is 33.2 Å². The van der Waals surface area contributed by atoms with Gasteiger partial charge in [0.05, 0.1) is 0 Å². The van der Waals surface area contributed by atoms with E-state index in [0.717, 1.165) is 50.7 Å². The summed E-state index contributed by atoms with van der Waals surface area (Å²) in [6.45, 7) is 9.02. The molecule has 6 heteroatoms. The summed E-state index contributed by atoms with van der Waals surface area (Å²) in [4.78, 5) is 28.1. The molecule has 152 valence electrons. The van der Waals surface area contributed by atoms with Crippen LogP contribution in [0.15, 0.2) is 48.0 Å². The lowest BCUT2D eigenvalue weighted by atomic mass is 10.1. The summed E-state index contributed by atoms with van der Waals surface area (Å²) in [6.07, 6.45) is 2.79. The summed E-state index contributed by atoms with van der Waals surface area (Å²) >= 11 is 1.84. The molecule has 0 spiro atoms. The van der Waals surface area contributed by atoms with Crippen molar-refractivity contribution in [1.29, 1.82) is 0 Å². The van der Waals surface area contributed by atoms with E-state index in [9.17, 15) is 4.79 Å². The van der Waals surface area contributed by atoms with Crippen LogP contribution in [-0.4, -0.2) is 46.8 Å². The summed E-state index contributed by atoms with van der Waals surface area (Å²) in [5.74, 6) is 0.814. The van der Waals surface area contributed by atoms with Crippen LogP contribution >= 0.6 is 11.3 Å². The van der Waals surface area contributed by atoms with Crippen LogP contribution in [0.4, 0.5) is 5.82 Å². The molecule has 4 rings (SSSR count). The lowest BCUT2D eigenvalue weighted by molar-refractivity contribution is 0.103. The van der Waals surface area contributed by atoms with Gasteiger partial charge in [-0.15, -0.1) is 11.3 Å². The monoisotopic (exact) mass is 408 g/mol. The van der Waals surface area contributed by atoms with Crippen molar-refractivity contribution in [3.63, 3.8) is 0 Å². The van der Waals surface area contributed by atoms with Crippen molar-refractivity contribution in [3.8, 4) is 0 Å². The van der Waals surface area contributed by atoms with Crippen molar-refractivity contribution in [1.82, 2.24) is 14.9 Å². The van der Waals surface area contributed by atoms with Crippen LogP contribution in [-0.2, 0) is 6.54 Å². The van der Waals surface area contributed by atoms with Crippen LogP contribution < -0.4 is 4.90 Å². The number of thiophene rings is 1. The topological polar surface area (TPSA) is 49.3 Å². The molecule has 5 nitrogen and oxygen atoms in total. The molecule has 0 unspecified atom stereocenters. The molecule has 4 heterocycles. The first-order valence-electron chi connectivity index (χ1n) is 10.1. The summed E-state index contributed by atoms with van der Waals surface area (Å²) in [5.41, 5.74) is 3.22. The minimum absolute atomic E-state index is 0. The summed E-state index contributed by atoms with van der Waals surface area (Å²) < 4.78 is 0. The summed E-state index contributed by atoms with van der Waals surface area (Å²) in [5, 5.41) is 2.17. The number of carbonyl (C=O) groups excluding carboxylic acids is 1. The van der Waals surface area contributed by atoms with Crippen molar-refractivity contribution in [2.24, 2.45) is 0 Å². The predicted molar refractivity (Wildman–Crippen MR) is 120 cm³/mol. The molecule has 0 atom stereocenters. The van der Waals surface area contributed by atoms with E-state index >= 15 is 0 Å². The molecule has 1 aliphatic rings. The maximum absolute atomic E-state index is 12.9. The highest BCUT2D eigenvalue weighted by atomic mass is 32.1. The van der Waals surface area contributed by atoms with E-state index in [4.69, 9.17) is 4.98 Å². The fourth-order valence-corrected chi connectivity index (χ4v) is 4.66. The van der Waals surface area contributed by atoms with Gasteiger partial charge in [0.15, 0.2) is 0 Å². The fourth-order valence-electron chi connectivity index (χ4n) is 3.72. The molecular weight excluding hydrogens is 380 g/mol. The molecule has 0 radical (unpaired) electrons. The molecule has 0 bridgehead atoms. The smallest absolute Gasteiger partial charge is 0.213 e. The van der Waals surface area contributed by atoms with Crippen LogP contribution in [0.3, 0.4) is 0 Å². The van der Waals surface area contributed by atoms with Gasteiger partial charge in [-0.2, -0.15) is 0 Å². The second-order valence-electron chi connectivity index (χ2n) is 7.49. The Morgan fingerprint density at radius 2 is 2.00 bits per heavy atom. The molecular formula is C23H28N4OS. The first-order valence-corrected chi connectivity index (χ1v) is 10.9. The van der Waals surface area contributed by atoms with E-state index in [1.807, 2.05) is 36.5 Å². The van der Waals surface area contributed by atoms with Gasteiger partial charge in [-0.3, -0.25) is 14.7 Å². The molecule has 0 N–H and O–H groups in total. The molecule has 1 aliphatic heterocycles. The highest BCUT2D eigenvalue weighted by Crippen LogP contribution is 2.21. The standard InChI is InChI=1S/C23H26N4OS.H2/c1-17-9-15-29-21(17)16-26-11-5-12-27(14-13-26)22-8-3-7-20(25-22)23(28)19-6-4-10-24-18(19)2;/h3-4,6-10,15H,5,11-14,16H2,1-2H3;1H. The van der Waals surface area contributed by atoms with Crippen molar-refractivity contribution in [2.75, 3.05) is 31.1 Å². The van der Waals surface area contributed by atoms with Gasteiger partial charge < -0.3 is 4.90 Å². The van der Waals surface area contributed by atoms with Gasteiger partial charge >= 0.3 is 0 Å². The van der Waals surface area contributed by atoms with E-state index < -0.39 is 0 Å². The number of aromatic nitrogens is 2. The average molecular weight is 409 g/mol. The Morgan fingerprint density at radius 3 is 2.79 bits per heavy atom. The molecule has 29 heavy (non-hydrogen) atoms. The minimum atomic E-state index is -0.0675. The van der Waals surface area contributed by atoms with Crippen LogP contribution in [0.1, 0.15) is 40.0 Å². The van der Waals surface area contributed by atoms with Crippen molar-refractivity contribution < 1.29 is 6.22 Å². The van der Waals surface area contributed by atoms with Crippen LogP contribution in [0.5, 0.6) is 0 Å². The van der Waals surface area contributed by atoms with E-state index in [0.29, 0.717) is 11.3 Å². The number of carbonyl (C=O) groups is 1. The van der Waals surface area contributed by atoms with Gasteiger partial charge in [-0.1, -0.05) is 6.07 Å². The quantitative estimate of drug-likeness (QED) is 0.588. The Morgan fingerprint density at radius 1 is 1.10 bits per heavy atom. The maximum atomic E-state index is 12.9. The average Bonchev–Trinajstić information content (AvgIpc) is 2.99. The van der Waals surface area contributed by atoms with Gasteiger partial charge in [0, 0.05) is 56.5 Å². The summed E-state index contributed by atoms with van der Waals surface area (Å²) in [6, 6.07) is 11.5. The normalized spacial score (nSPS) is 15.3. The van der Waals surface area contributed by atoms with E-state index in [1.54, 1.807) is 18.3 Å². The zero-order chi connectivity index (χ0) is 20.2. The van der Waals surface area contributed by atoms with Crippen molar-refractivity contribution >= 4 is 22.9 Å². The zero-order valence-corrected chi connectivity index (χ0v) is 17.8. The Bertz CT molecular complexity index is 1010. The first kappa shape index (κ1) is 19.7. The van der Waals surface area contributed by atoms with Gasteiger partial charge in [-0.05, 0) is 61.5 Å². The molecule has 1 fully saturated rings. The number of nitrogens with zero attached hydrogens (tertiary/aromatic N) is 4. The molecule has 1 saturated heterocycles. The Balaban J connectivity index is 0.00000256. The number of hydrogen-bond acceptors (Lipinski definition) is 6. The van der Waals surface area contributed by atoms with E-state index in [-0.39, 0.29) is 7.21 Å². The van der Waals surface area contributed by atoms with Gasteiger partial charge in [0.25, 0.3) is 0 Å². The molecule has 0 amide bonds. The van der Waals surface area contributed by atoms with Gasteiger partial charge in [0.1, 0.15) is 11.5 Å². The molecule has 3 aromatic rings. The Hall–Kier alpha value is -2.57. The van der Waals surface area contributed by atoms with E-state index in [1.165, 1.54) is 10.4 Å². The third kappa shape index (κ3) is 4.54. The number of aryl methyl sites for hydroxylation is 2. The third-order valence-corrected chi connectivity index (χ3v) is 6.47. The van der Waals surface area contributed by atoms with Gasteiger partial charge in [0.2, 0.25) is 5.78 Å². The SMILES string of the molecule is Cc1ccsc1CN1CCCN(c2cccc(C(=O)c3cccnc3C)n2)CC1.[HH]. The number of rotatable bonds is 5. The number of anilines is 1. The van der Waals surface area contributed by atoms with Gasteiger partial charge in [-0.25, -0.2) is 4.98 Å². The lowest BCUT2D eigenvalue weighted by Crippen LogP contribution is -2.31. The van der Waals surface area contributed by atoms with Crippen LogP contribution in [0.2, 0.25) is 0 Å². The highest BCUT2D eigenvalue weighted by Gasteiger charge is 2.19. The van der Waals surface area contributed by atoms with Crippen LogP contribution in [0.25, 0.3) is 0 Å². The second kappa shape index (κ2) is 8.84. The molecule has 0 saturated carbocycles. The highest BCUT2D eigenvalue weighted by molar-refractivity contribution is 7.10. The molecule has 0 aliphatic carbocycles. The molecule has 3 aromatic heterocycles. The zero-order valence-electron chi connectivity index (χ0n) is 17.0. The number of ketones is 1. The Kier molecular flexibility index (Phi) is 6.02. The first-order chi connectivity index (χ1) is 14.1. The fraction of sp³-hybridized carbons (Fsp3) is 0.348. The lowest BCUT2D eigenvalue weighted by Gasteiger charge is -2.23. The Labute approximate surface area is 177 Å². The van der Waals surface area contributed by atoms with Crippen molar-refractivity contribution in [3.05, 3.63) is 75.4 Å². The minimum Gasteiger partial charge on any atom is -0.355 e. The predicted octanol–water partition coefficient (Wildman–Crippen LogP) is 4.34. The van der Waals surface area contributed by atoms with Crippen LogP contribution in [0, 0.1) is 13.8 Å². The number of hydrogen-bond donors (Lipinski definition) is 0. The molecule has 0 aromatic carbocycles. The van der Waals surface area contributed by atoms with Crippen molar-refractivity contribution in [2.45, 2.75) is 26.8 Å². The summed E-state index contributed by atoms with van der Waals surface area (Å²) in [7, 11) is 0. The third-order valence-electron chi connectivity index (χ3n) is 5.47. The largest absolute Gasteiger partial charge is 0.355 e. The maximum Gasteiger partial charge on any atom is 0.213 e.